The van der Waals surface area contributed by atoms with E-state index in [4.69, 9.17) is 0 Å². The third-order valence-electron chi connectivity index (χ3n) is 8.32. The van der Waals surface area contributed by atoms with E-state index >= 15 is 0 Å². The van der Waals surface area contributed by atoms with Crippen molar-refractivity contribution < 1.29 is 33.9 Å². The van der Waals surface area contributed by atoms with E-state index in [0.717, 1.165) is 16.5 Å². The highest BCUT2D eigenvalue weighted by Crippen LogP contribution is 2.25. The number of hydrogen-bond acceptors (Lipinski definition) is 6. The molecule has 5 atom stereocenters. The first-order valence-electron chi connectivity index (χ1n) is 15.4. The van der Waals surface area contributed by atoms with Crippen LogP contribution in [0.5, 0.6) is 0 Å². The van der Waals surface area contributed by atoms with E-state index in [9.17, 15) is 33.9 Å². The lowest BCUT2D eigenvalue weighted by Crippen LogP contribution is -2.60. The van der Waals surface area contributed by atoms with Gasteiger partial charge in [-0.2, -0.15) is 0 Å². The maximum absolute atomic E-state index is 13.9. The third kappa shape index (κ3) is 8.00. The van der Waals surface area contributed by atoms with E-state index in [0.29, 0.717) is 12.8 Å². The molecular formula is C32H44N6O7. The number of rotatable bonds is 6. The average molecular weight is 625 g/mol. The number of aromatic nitrogens is 1. The van der Waals surface area contributed by atoms with Crippen LogP contribution in [0.4, 0.5) is 0 Å². The average Bonchev–Trinajstić information content (AvgIpc) is 3.60. The Morgan fingerprint density at radius 2 is 1.56 bits per heavy atom. The van der Waals surface area contributed by atoms with Gasteiger partial charge in [0.15, 0.2) is 0 Å². The summed E-state index contributed by atoms with van der Waals surface area (Å²) in [7, 11) is 0. The zero-order valence-electron chi connectivity index (χ0n) is 26.4. The fraction of sp³-hybridized carbons (Fsp3) is 0.562. The topological polar surface area (TPSA) is 190 Å². The molecule has 4 rings (SSSR count). The number of nitrogens with one attached hydrogen (secondary N) is 5. The van der Waals surface area contributed by atoms with Crippen molar-refractivity contribution in [3.05, 3.63) is 36.0 Å². The minimum atomic E-state index is -1.49. The molecule has 3 heterocycles. The van der Waals surface area contributed by atoms with Crippen LogP contribution in [-0.4, -0.2) is 87.2 Å². The molecular weight excluding hydrogens is 580 g/mol. The Labute approximate surface area is 262 Å². The van der Waals surface area contributed by atoms with Crippen LogP contribution in [0, 0.1) is 11.3 Å². The summed E-state index contributed by atoms with van der Waals surface area (Å²) in [6, 6.07) is 1.70. The monoisotopic (exact) mass is 624 g/mol. The number of aliphatic carboxylic acids is 1. The molecule has 5 amide bonds. The van der Waals surface area contributed by atoms with Gasteiger partial charge in [0, 0.05) is 30.1 Å². The highest BCUT2D eigenvalue weighted by Gasteiger charge is 2.43. The van der Waals surface area contributed by atoms with Crippen molar-refractivity contribution in [3.8, 4) is 0 Å². The minimum Gasteiger partial charge on any atom is -0.481 e. The molecule has 0 saturated carbocycles. The number of para-hydroxylation sites is 1. The van der Waals surface area contributed by atoms with Crippen molar-refractivity contribution in [1.29, 1.82) is 0 Å². The SMILES string of the molecule is CC(C)C[C@@H]1NC(=O)[C@@H](C(C)(C)C)NC(=O)[C@@H]2CCCN2C(=O)[C@@H](CC(=O)O)NC(=O)[C@@H](Cc2c[nH]c3ccccc23)NC1=O. The van der Waals surface area contributed by atoms with Gasteiger partial charge in [0.25, 0.3) is 0 Å². The van der Waals surface area contributed by atoms with E-state index in [2.05, 4.69) is 26.3 Å². The Hall–Kier alpha value is -4.42. The van der Waals surface area contributed by atoms with Gasteiger partial charge in [0.1, 0.15) is 30.2 Å². The normalized spacial score (nSPS) is 25.6. The summed E-state index contributed by atoms with van der Waals surface area (Å²) >= 11 is 0. The Kier molecular flexibility index (Phi) is 10.2. The molecule has 0 aliphatic carbocycles. The highest BCUT2D eigenvalue weighted by atomic mass is 16.4. The van der Waals surface area contributed by atoms with Crippen LogP contribution < -0.4 is 21.3 Å². The Balaban J connectivity index is 1.78. The molecule has 0 unspecified atom stereocenters. The van der Waals surface area contributed by atoms with Gasteiger partial charge in [0.2, 0.25) is 29.5 Å². The highest BCUT2D eigenvalue weighted by molar-refractivity contribution is 5.99. The number of fused-ring (bicyclic) bond motifs is 2. The maximum Gasteiger partial charge on any atom is 0.305 e. The Bertz CT molecular complexity index is 1460. The molecule has 0 radical (unpaired) electrons. The summed E-state index contributed by atoms with van der Waals surface area (Å²) in [6.07, 6.45) is 2.08. The smallest absolute Gasteiger partial charge is 0.305 e. The molecule has 0 bridgehead atoms. The van der Waals surface area contributed by atoms with Gasteiger partial charge in [-0.15, -0.1) is 0 Å². The predicted molar refractivity (Wildman–Crippen MR) is 166 cm³/mol. The van der Waals surface area contributed by atoms with Crippen molar-refractivity contribution in [2.24, 2.45) is 11.3 Å². The van der Waals surface area contributed by atoms with Crippen LogP contribution in [0.25, 0.3) is 10.9 Å². The summed E-state index contributed by atoms with van der Waals surface area (Å²) in [6.45, 7) is 9.31. The van der Waals surface area contributed by atoms with Crippen LogP contribution in [-0.2, 0) is 35.2 Å². The lowest BCUT2D eigenvalue weighted by molar-refractivity contribution is -0.146. The predicted octanol–water partition coefficient (Wildman–Crippen LogP) is 1.22. The molecule has 244 valence electrons. The first-order chi connectivity index (χ1) is 21.1. The van der Waals surface area contributed by atoms with Crippen LogP contribution in [0.15, 0.2) is 30.5 Å². The van der Waals surface area contributed by atoms with Crippen LogP contribution in [0.2, 0.25) is 0 Å². The number of carbonyl (C=O) groups is 6. The van der Waals surface area contributed by atoms with Crippen LogP contribution in [0.1, 0.15) is 65.9 Å². The van der Waals surface area contributed by atoms with Gasteiger partial charge in [-0.3, -0.25) is 28.8 Å². The number of amides is 5. The molecule has 2 saturated heterocycles. The summed E-state index contributed by atoms with van der Waals surface area (Å²) in [5.41, 5.74) is 0.781. The second-order valence-electron chi connectivity index (χ2n) is 13.5. The molecule has 2 aliphatic heterocycles. The number of carbonyl (C=O) groups excluding carboxylic acids is 5. The van der Waals surface area contributed by atoms with Gasteiger partial charge in [-0.1, -0.05) is 52.8 Å². The largest absolute Gasteiger partial charge is 0.481 e. The number of benzene rings is 1. The van der Waals surface area contributed by atoms with Gasteiger partial charge in [0.05, 0.1) is 6.42 Å². The van der Waals surface area contributed by atoms with Crippen LogP contribution in [0.3, 0.4) is 0 Å². The van der Waals surface area contributed by atoms with E-state index in [-0.39, 0.29) is 25.3 Å². The molecule has 13 heteroatoms. The zero-order valence-corrected chi connectivity index (χ0v) is 26.4. The van der Waals surface area contributed by atoms with Crippen molar-refractivity contribution in [1.82, 2.24) is 31.2 Å². The Morgan fingerprint density at radius 1 is 0.911 bits per heavy atom. The van der Waals surface area contributed by atoms with E-state index in [1.807, 2.05) is 38.1 Å². The minimum absolute atomic E-state index is 0.0173. The number of nitrogens with zero attached hydrogens (tertiary/aromatic N) is 1. The first kappa shape index (κ1) is 33.5. The second-order valence-corrected chi connectivity index (χ2v) is 13.5. The quantitative estimate of drug-likeness (QED) is 0.278. The molecule has 0 spiro atoms. The van der Waals surface area contributed by atoms with Gasteiger partial charge in [-0.25, -0.2) is 0 Å². The summed E-state index contributed by atoms with van der Waals surface area (Å²) in [5.74, 6) is -4.56. The molecule has 45 heavy (non-hydrogen) atoms. The van der Waals surface area contributed by atoms with Gasteiger partial charge < -0.3 is 36.3 Å². The number of aromatic amines is 1. The summed E-state index contributed by atoms with van der Waals surface area (Å²) in [4.78, 5) is 85.0. The number of H-pyrrole nitrogens is 1. The fourth-order valence-electron chi connectivity index (χ4n) is 6.02. The van der Waals surface area contributed by atoms with Crippen LogP contribution >= 0.6 is 0 Å². The van der Waals surface area contributed by atoms with E-state index in [1.54, 1.807) is 27.0 Å². The zero-order chi connectivity index (χ0) is 33.1. The van der Waals surface area contributed by atoms with Crippen molar-refractivity contribution in [3.63, 3.8) is 0 Å². The van der Waals surface area contributed by atoms with Crippen molar-refractivity contribution >= 4 is 46.4 Å². The fourth-order valence-corrected chi connectivity index (χ4v) is 6.02. The molecule has 13 nitrogen and oxygen atoms in total. The Morgan fingerprint density at radius 3 is 2.22 bits per heavy atom. The lowest BCUT2D eigenvalue weighted by Gasteiger charge is -2.34. The molecule has 6 N–H and O–H groups in total. The number of hydrogen-bond donors (Lipinski definition) is 6. The van der Waals surface area contributed by atoms with Crippen molar-refractivity contribution in [2.75, 3.05) is 6.54 Å². The van der Waals surface area contributed by atoms with Gasteiger partial charge >= 0.3 is 5.97 Å². The lowest BCUT2D eigenvalue weighted by atomic mass is 9.85. The molecule has 2 aromatic rings. The summed E-state index contributed by atoms with van der Waals surface area (Å²) < 4.78 is 0. The standard InChI is InChI=1S/C32H44N6O7/c1-17(2)13-21-27(41)34-22(14-18-16-33-20-10-7-6-9-19(18)20)28(42)36-23(15-25(39)40)31(45)38-12-8-11-24(38)29(43)37-26(30(44)35-21)32(3,4)5/h6-7,9-10,16-17,21-24,26,33H,8,11-15H2,1-5H3,(H,34,41)(H,35,44)(H,36,42)(H,37,43)(H,39,40)/t21-,22+,23+,24-,26-/m0/s1. The molecule has 2 aliphatic rings. The number of carboxylic acids is 1. The van der Waals surface area contributed by atoms with Crippen molar-refractivity contribution in [2.45, 2.75) is 96.9 Å². The first-order valence-corrected chi connectivity index (χ1v) is 15.4. The molecule has 2 fully saturated rings. The molecule has 1 aromatic carbocycles. The molecule has 1 aromatic heterocycles. The second kappa shape index (κ2) is 13.7. The van der Waals surface area contributed by atoms with E-state index in [1.165, 1.54) is 4.90 Å². The third-order valence-corrected chi connectivity index (χ3v) is 8.32. The maximum atomic E-state index is 13.9. The number of carboxylic acid groups (broad SMARTS) is 1. The summed E-state index contributed by atoms with van der Waals surface area (Å²) in [5, 5.41) is 21.4. The van der Waals surface area contributed by atoms with E-state index < -0.39 is 77.6 Å². The van der Waals surface area contributed by atoms with Gasteiger partial charge in [-0.05, 0) is 42.2 Å².